The van der Waals surface area contributed by atoms with E-state index in [4.69, 9.17) is 11.6 Å². The molecule has 2 aromatic heterocycles. The van der Waals surface area contributed by atoms with Crippen LogP contribution in [-0.2, 0) is 0 Å². The Balaban J connectivity index is 0.000000180. The summed E-state index contributed by atoms with van der Waals surface area (Å²) < 4.78 is 12.2. The number of thioether (sulfide) groups is 2. The number of hydrogen-bond donors (Lipinski definition) is 0. The molecule has 2 aromatic rings. The maximum atomic E-state index is 12.2. The Morgan fingerprint density at radius 2 is 1.56 bits per heavy atom. The summed E-state index contributed by atoms with van der Waals surface area (Å²) in [5, 5.41) is 1.67. The zero-order valence-electron chi connectivity index (χ0n) is 9.67. The maximum absolute atomic E-state index is 12.2. The van der Waals surface area contributed by atoms with Gasteiger partial charge in [-0.3, -0.25) is 0 Å². The van der Waals surface area contributed by atoms with Crippen LogP contribution in [0.3, 0.4) is 0 Å². The van der Waals surface area contributed by atoms with Crippen LogP contribution in [-0.4, -0.2) is 32.4 Å². The first-order valence-corrected chi connectivity index (χ1v) is 7.53. The summed E-state index contributed by atoms with van der Waals surface area (Å²) in [5.74, 6) is -0.477. The summed E-state index contributed by atoms with van der Waals surface area (Å²) in [6, 6.07) is 2.88. The molecule has 18 heavy (non-hydrogen) atoms. The molecule has 0 unspecified atom stereocenters. The van der Waals surface area contributed by atoms with Gasteiger partial charge in [-0.25, -0.2) is 15.0 Å². The molecule has 8 heteroatoms. The molecule has 0 aliphatic heterocycles. The second-order valence-electron chi connectivity index (χ2n) is 2.73. The van der Waals surface area contributed by atoms with E-state index >= 15 is 0 Å². The van der Waals surface area contributed by atoms with E-state index in [0.29, 0.717) is 15.5 Å². The van der Waals surface area contributed by atoms with E-state index in [0.717, 1.165) is 0 Å². The fraction of sp³-hybridized carbons (Fsp3) is 0.200. The van der Waals surface area contributed by atoms with Gasteiger partial charge in [-0.1, -0.05) is 35.1 Å². The number of hydrogen-bond acceptors (Lipinski definition) is 6. The molecule has 0 fully saturated rings. The summed E-state index contributed by atoms with van der Waals surface area (Å²) in [7, 11) is 0. The third kappa shape index (κ3) is 5.61. The second kappa shape index (κ2) is 8.23. The average Bonchev–Trinajstić information content (AvgIpc) is 2.39. The highest BCUT2D eigenvalue weighted by molar-refractivity contribution is 7.98. The summed E-state index contributed by atoms with van der Waals surface area (Å²) in [6.45, 7) is 0. The summed E-state index contributed by atoms with van der Waals surface area (Å²) >= 11 is 8.36. The van der Waals surface area contributed by atoms with Gasteiger partial charge in [-0.2, -0.15) is 9.37 Å². The Morgan fingerprint density at radius 1 is 1.00 bits per heavy atom. The zero-order chi connectivity index (χ0) is 13.4. The molecule has 2 heterocycles. The van der Waals surface area contributed by atoms with Crippen molar-refractivity contribution in [3.8, 4) is 0 Å². The predicted octanol–water partition coefficient (Wildman–Crippen LogP) is 3.19. The quantitative estimate of drug-likeness (QED) is 0.482. The van der Waals surface area contributed by atoms with Crippen molar-refractivity contribution >= 4 is 35.1 Å². The summed E-state index contributed by atoms with van der Waals surface area (Å²) in [4.78, 5) is 15.1. The minimum atomic E-state index is -0.477. The van der Waals surface area contributed by atoms with Crippen LogP contribution in [0.1, 0.15) is 0 Å². The molecule has 0 radical (unpaired) electrons. The van der Waals surface area contributed by atoms with Gasteiger partial charge in [-0.15, -0.1) is 0 Å². The highest BCUT2D eigenvalue weighted by Crippen LogP contribution is 2.10. The van der Waals surface area contributed by atoms with E-state index in [1.54, 1.807) is 18.5 Å². The fourth-order valence-corrected chi connectivity index (χ4v) is 1.72. The van der Waals surface area contributed by atoms with E-state index in [2.05, 4.69) is 19.9 Å². The Hall–Kier alpha value is -0.920. The van der Waals surface area contributed by atoms with Crippen molar-refractivity contribution in [3.05, 3.63) is 35.6 Å². The predicted molar refractivity (Wildman–Crippen MR) is 72.6 cm³/mol. The fourth-order valence-electron chi connectivity index (χ4n) is 0.837. The number of rotatable bonds is 2. The highest BCUT2D eigenvalue weighted by atomic mass is 35.5. The van der Waals surface area contributed by atoms with Gasteiger partial charge < -0.3 is 0 Å². The first-order valence-electron chi connectivity index (χ1n) is 4.70. The second-order valence-corrected chi connectivity index (χ2v) is 4.67. The molecular formula is C10H10ClFN4S2. The molecule has 0 amide bonds. The van der Waals surface area contributed by atoms with Crippen LogP contribution < -0.4 is 0 Å². The largest absolute Gasteiger partial charge is 0.231 e. The van der Waals surface area contributed by atoms with Gasteiger partial charge in [0.25, 0.3) is 0 Å². The van der Waals surface area contributed by atoms with E-state index in [1.165, 1.54) is 35.8 Å². The lowest BCUT2D eigenvalue weighted by atomic mass is 10.7. The van der Waals surface area contributed by atoms with E-state index in [9.17, 15) is 4.39 Å². The zero-order valence-corrected chi connectivity index (χ0v) is 12.1. The molecule has 0 N–H and O–H groups in total. The minimum Gasteiger partial charge on any atom is -0.231 e. The number of aromatic nitrogens is 4. The van der Waals surface area contributed by atoms with Crippen LogP contribution in [0.5, 0.6) is 0 Å². The lowest BCUT2D eigenvalue weighted by molar-refractivity contribution is 0.563. The molecular weight excluding hydrogens is 295 g/mol. The van der Waals surface area contributed by atoms with Gasteiger partial charge in [0.15, 0.2) is 10.3 Å². The van der Waals surface area contributed by atoms with Crippen molar-refractivity contribution < 1.29 is 4.39 Å². The van der Waals surface area contributed by atoms with Gasteiger partial charge in [0, 0.05) is 18.5 Å². The van der Waals surface area contributed by atoms with Crippen molar-refractivity contribution in [2.75, 3.05) is 12.5 Å². The van der Waals surface area contributed by atoms with E-state index < -0.39 is 5.95 Å². The van der Waals surface area contributed by atoms with Gasteiger partial charge >= 0.3 is 0 Å². The third-order valence-electron chi connectivity index (χ3n) is 1.56. The SMILES string of the molecule is CSc1nccc(Cl)n1.CSc1nccc(F)n1. The van der Waals surface area contributed by atoms with Crippen LogP contribution in [0.25, 0.3) is 0 Å². The van der Waals surface area contributed by atoms with Crippen molar-refractivity contribution in [1.29, 1.82) is 0 Å². The molecule has 0 aromatic carbocycles. The van der Waals surface area contributed by atoms with Gasteiger partial charge in [-0.05, 0) is 18.6 Å². The van der Waals surface area contributed by atoms with E-state index in [-0.39, 0.29) is 0 Å². The molecule has 0 saturated heterocycles. The molecule has 96 valence electrons. The number of nitrogens with zero attached hydrogens (tertiary/aromatic N) is 4. The summed E-state index contributed by atoms with van der Waals surface area (Å²) in [6.07, 6.45) is 6.75. The Bertz CT molecular complexity index is 455. The standard InChI is InChI=1S/C5H5ClN2S.C5H5FN2S/c2*1-9-5-7-3-2-4(6)8-5/h2*2-3H,1H3. The topological polar surface area (TPSA) is 51.6 Å². The Morgan fingerprint density at radius 3 is 1.94 bits per heavy atom. The Kier molecular flexibility index (Phi) is 6.92. The first kappa shape index (κ1) is 15.1. The van der Waals surface area contributed by atoms with Crippen molar-refractivity contribution in [1.82, 2.24) is 19.9 Å². The first-order chi connectivity index (χ1) is 8.65. The molecule has 0 spiro atoms. The third-order valence-corrected chi connectivity index (χ3v) is 2.90. The van der Waals surface area contributed by atoms with Crippen LogP contribution in [0.15, 0.2) is 34.8 Å². The van der Waals surface area contributed by atoms with Crippen LogP contribution in [0.2, 0.25) is 5.15 Å². The molecule has 0 saturated carbocycles. The monoisotopic (exact) mass is 304 g/mol. The van der Waals surface area contributed by atoms with Crippen molar-refractivity contribution in [2.45, 2.75) is 10.3 Å². The van der Waals surface area contributed by atoms with Gasteiger partial charge in [0.05, 0.1) is 0 Å². The maximum Gasteiger partial charge on any atom is 0.216 e. The van der Waals surface area contributed by atoms with E-state index in [1.807, 2.05) is 6.26 Å². The molecule has 0 aliphatic carbocycles. The smallest absolute Gasteiger partial charge is 0.216 e. The summed E-state index contributed by atoms with van der Waals surface area (Å²) in [5.41, 5.74) is 0. The van der Waals surface area contributed by atoms with Crippen LogP contribution in [0, 0.1) is 5.95 Å². The van der Waals surface area contributed by atoms with Crippen LogP contribution in [0.4, 0.5) is 4.39 Å². The molecule has 4 nitrogen and oxygen atoms in total. The van der Waals surface area contributed by atoms with Gasteiger partial charge in [0.1, 0.15) is 5.15 Å². The Labute approximate surface area is 118 Å². The average molecular weight is 305 g/mol. The lowest BCUT2D eigenvalue weighted by Gasteiger charge is -1.91. The van der Waals surface area contributed by atoms with Crippen molar-refractivity contribution in [2.24, 2.45) is 0 Å². The van der Waals surface area contributed by atoms with Crippen LogP contribution >= 0.6 is 35.1 Å². The molecule has 0 bridgehead atoms. The molecule has 2 rings (SSSR count). The van der Waals surface area contributed by atoms with Gasteiger partial charge in [0.2, 0.25) is 5.95 Å². The van der Waals surface area contributed by atoms with Crippen molar-refractivity contribution in [3.63, 3.8) is 0 Å². The number of halogens is 2. The molecule has 0 atom stereocenters. The highest BCUT2D eigenvalue weighted by Gasteiger charge is 1.93. The lowest BCUT2D eigenvalue weighted by Crippen LogP contribution is -1.86. The molecule has 0 aliphatic rings. The normalized spacial score (nSPS) is 9.56. The minimum absolute atomic E-state index is 0.468.